The number of hydrogen-bond donors (Lipinski definition) is 1. The van der Waals surface area contributed by atoms with E-state index in [2.05, 4.69) is 20.2 Å². The van der Waals surface area contributed by atoms with E-state index < -0.39 is 0 Å². The van der Waals surface area contributed by atoms with Crippen LogP contribution in [-0.2, 0) is 0 Å². The largest absolute Gasteiger partial charge is 0.490 e. The lowest BCUT2D eigenvalue weighted by Crippen LogP contribution is -1.99. The highest BCUT2D eigenvalue weighted by atomic mass is 32.2. The summed E-state index contributed by atoms with van der Waals surface area (Å²) in [5.41, 5.74) is 6.51. The van der Waals surface area contributed by atoms with Gasteiger partial charge in [-0.3, -0.25) is 4.40 Å². The van der Waals surface area contributed by atoms with Crippen molar-refractivity contribution < 1.29 is 4.74 Å². The zero-order chi connectivity index (χ0) is 13.2. The Hall–Kier alpha value is -2.35. The number of fused-ring (bicyclic) bond motifs is 1. The molecule has 0 aliphatic heterocycles. The molecule has 0 saturated carbocycles. The van der Waals surface area contributed by atoms with Gasteiger partial charge in [-0.05, 0) is 23.9 Å². The molecule has 7 nitrogen and oxygen atoms in total. The topological polar surface area (TPSA) is 91.2 Å². The standard InChI is InChI=1S/C11H10N6OS/c1-18-8-9(12)13-6-14-10(8)19-11-16-15-7-4-2-3-5-17(7)11/h2-6H,1H3,(H2,12,13,14). The van der Waals surface area contributed by atoms with Crippen molar-refractivity contribution in [2.24, 2.45) is 0 Å². The van der Waals surface area contributed by atoms with E-state index in [0.29, 0.717) is 21.7 Å². The van der Waals surface area contributed by atoms with Gasteiger partial charge >= 0.3 is 0 Å². The average Bonchev–Trinajstić information content (AvgIpc) is 2.83. The highest BCUT2D eigenvalue weighted by Crippen LogP contribution is 2.34. The van der Waals surface area contributed by atoms with Gasteiger partial charge in [0.05, 0.1) is 7.11 Å². The van der Waals surface area contributed by atoms with Crippen LogP contribution in [-0.4, -0.2) is 31.7 Å². The third kappa shape index (κ3) is 2.06. The monoisotopic (exact) mass is 274 g/mol. The molecule has 96 valence electrons. The van der Waals surface area contributed by atoms with Crippen molar-refractivity contribution in [2.45, 2.75) is 10.2 Å². The Morgan fingerprint density at radius 1 is 1.26 bits per heavy atom. The van der Waals surface area contributed by atoms with Crippen molar-refractivity contribution in [3.05, 3.63) is 30.7 Å². The van der Waals surface area contributed by atoms with Crippen molar-refractivity contribution >= 4 is 23.2 Å². The zero-order valence-corrected chi connectivity index (χ0v) is 10.8. The van der Waals surface area contributed by atoms with Gasteiger partial charge in [-0.25, -0.2) is 9.97 Å². The smallest absolute Gasteiger partial charge is 0.202 e. The van der Waals surface area contributed by atoms with Crippen LogP contribution >= 0.6 is 11.8 Å². The molecule has 0 amide bonds. The van der Waals surface area contributed by atoms with E-state index in [1.807, 2.05) is 28.8 Å². The maximum absolute atomic E-state index is 5.74. The molecular weight excluding hydrogens is 264 g/mol. The number of nitrogen functional groups attached to an aromatic ring is 1. The van der Waals surface area contributed by atoms with Crippen LogP contribution in [0, 0.1) is 0 Å². The van der Waals surface area contributed by atoms with Gasteiger partial charge in [-0.2, -0.15) is 0 Å². The third-order valence-electron chi connectivity index (χ3n) is 2.47. The molecule has 3 aromatic heterocycles. The van der Waals surface area contributed by atoms with E-state index >= 15 is 0 Å². The molecule has 0 aliphatic carbocycles. The van der Waals surface area contributed by atoms with E-state index in [1.165, 1.54) is 25.2 Å². The summed E-state index contributed by atoms with van der Waals surface area (Å²) < 4.78 is 7.07. The molecule has 0 radical (unpaired) electrons. The number of ether oxygens (including phenoxy) is 1. The minimum absolute atomic E-state index is 0.300. The summed E-state index contributed by atoms with van der Waals surface area (Å²) in [5, 5.41) is 9.48. The number of pyridine rings is 1. The summed E-state index contributed by atoms with van der Waals surface area (Å²) in [6.45, 7) is 0. The predicted molar refractivity (Wildman–Crippen MR) is 70.1 cm³/mol. The first kappa shape index (κ1) is 11.7. The molecule has 0 saturated heterocycles. The molecule has 0 spiro atoms. The summed E-state index contributed by atoms with van der Waals surface area (Å²) in [5.74, 6) is 0.744. The number of hydrogen-bond acceptors (Lipinski definition) is 7. The molecule has 3 aromatic rings. The van der Waals surface area contributed by atoms with Crippen molar-refractivity contribution in [3.63, 3.8) is 0 Å². The van der Waals surface area contributed by atoms with E-state index in [1.54, 1.807) is 0 Å². The van der Waals surface area contributed by atoms with Crippen LogP contribution in [0.5, 0.6) is 5.75 Å². The van der Waals surface area contributed by atoms with E-state index in [4.69, 9.17) is 10.5 Å². The summed E-state index contributed by atoms with van der Waals surface area (Å²) in [6, 6.07) is 5.69. The Morgan fingerprint density at radius 2 is 2.16 bits per heavy atom. The fraction of sp³-hybridized carbons (Fsp3) is 0.0909. The van der Waals surface area contributed by atoms with Gasteiger partial charge in [-0.15, -0.1) is 10.2 Å². The first-order chi connectivity index (χ1) is 9.29. The normalized spacial score (nSPS) is 10.8. The minimum Gasteiger partial charge on any atom is -0.490 e. The van der Waals surface area contributed by atoms with E-state index in [-0.39, 0.29) is 0 Å². The molecule has 3 heterocycles. The molecule has 19 heavy (non-hydrogen) atoms. The molecule has 0 fully saturated rings. The lowest BCUT2D eigenvalue weighted by Gasteiger charge is -2.07. The second-order valence-electron chi connectivity index (χ2n) is 3.61. The fourth-order valence-corrected chi connectivity index (χ4v) is 2.50. The molecule has 0 atom stereocenters. The molecule has 0 aromatic carbocycles. The summed E-state index contributed by atoms with van der Waals surface area (Å²) in [4.78, 5) is 8.05. The highest BCUT2D eigenvalue weighted by molar-refractivity contribution is 7.99. The van der Waals surface area contributed by atoms with Crippen LogP contribution in [0.15, 0.2) is 40.9 Å². The minimum atomic E-state index is 0.300. The number of methoxy groups -OCH3 is 1. The second-order valence-corrected chi connectivity index (χ2v) is 4.57. The van der Waals surface area contributed by atoms with Gasteiger partial charge in [0, 0.05) is 6.20 Å². The van der Waals surface area contributed by atoms with E-state index in [0.717, 1.165) is 5.65 Å². The van der Waals surface area contributed by atoms with Crippen LogP contribution in [0.2, 0.25) is 0 Å². The Labute approximate surface area is 112 Å². The van der Waals surface area contributed by atoms with Gasteiger partial charge in [-0.1, -0.05) is 6.07 Å². The molecule has 2 N–H and O–H groups in total. The maximum Gasteiger partial charge on any atom is 0.202 e. The van der Waals surface area contributed by atoms with Crippen LogP contribution in [0.3, 0.4) is 0 Å². The summed E-state index contributed by atoms with van der Waals surface area (Å²) >= 11 is 1.32. The fourth-order valence-electron chi connectivity index (χ4n) is 1.61. The Balaban J connectivity index is 2.04. The van der Waals surface area contributed by atoms with Crippen LogP contribution in [0.1, 0.15) is 0 Å². The summed E-state index contributed by atoms with van der Waals surface area (Å²) in [7, 11) is 1.53. The number of anilines is 1. The van der Waals surface area contributed by atoms with Crippen molar-refractivity contribution in [3.8, 4) is 5.75 Å². The third-order valence-corrected chi connectivity index (χ3v) is 3.42. The quantitative estimate of drug-likeness (QED) is 0.719. The van der Waals surface area contributed by atoms with Gasteiger partial charge in [0.25, 0.3) is 0 Å². The number of nitrogens with two attached hydrogens (primary N) is 1. The molecule has 0 bridgehead atoms. The SMILES string of the molecule is COc1c(N)ncnc1Sc1nnc2ccccn12. The van der Waals surface area contributed by atoms with Crippen molar-refractivity contribution in [2.75, 3.05) is 12.8 Å². The van der Waals surface area contributed by atoms with Crippen molar-refractivity contribution in [1.82, 2.24) is 24.6 Å². The van der Waals surface area contributed by atoms with Gasteiger partial charge < -0.3 is 10.5 Å². The van der Waals surface area contributed by atoms with Gasteiger partial charge in [0.15, 0.2) is 22.2 Å². The summed E-state index contributed by atoms with van der Waals surface area (Å²) in [6.07, 6.45) is 3.28. The Kier molecular flexibility index (Phi) is 2.92. The number of nitrogens with zero attached hydrogens (tertiary/aromatic N) is 5. The Morgan fingerprint density at radius 3 is 3.00 bits per heavy atom. The molecule has 0 unspecified atom stereocenters. The molecule has 0 aliphatic rings. The number of rotatable bonds is 3. The lowest BCUT2D eigenvalue weighted by atomic mass is 10.5. The molecular formula is C11H10N6OS. The molecule has 3 rings (SSSR count). The van der Waals surface area contributed by atoms with E-state index in [9.17, 15) is 0 Å². The molecule has 8 heteroatoms. The maximum atomic E-state index is 5.74. The Bertz CT molecular complexity index is 728. The predicted octanol–water partition coefficient (Wildman–Crippen LogP) is 1.26. The van der Waals surface area contributed by atoms with Crippen LogP contribution in [0.25, 0.3) is 5.65 Å². The first-order valence-electron chi connectivity index (χ1n) is 5.41. The van der Waals surface area contributed by atoms with Crippen LogP contribution < -0.4 is 10.5 Å². The number of aromatic nitrogens is 5. The average molecular weight is 274 g/mol. The second kappa shape index (κ2) is 4.73. The van der Waals surface area contributed by atoms with Crippen molar-refractivity contribution in [1.29, 1.82) is 0 Å². The lowest BCUT2D eigenvalue weighted by molar-refractivity contribution is 0.401. The van der Waals surface area contributed by atoms with Gasteiger partial charge in [0.1, 0.15) is 6.33 Å². The first-order valence-corrected chi connectivity index (χ1v) is 6.23. The highest BCUT2D eigenvalue weighted by Gasteiger charge is 2.14. The zero-order valence-electron chi connectivity index (χ0n) is 10.0. The van der Waals surface area contributed by atoms with Crippen LogP contribution in [0.4, 0.5) is 5.82 Å². The van der Waals surface area contributed by atoms with Gasteiger partial charge in [0.2, 0.25) is 5.16 Å².